The molecular weight excluding hydrogens is 448 g/mol. The average Bonchev–Trinajstić information content (AvgIpc) is 3.08. The van der Waals surface area contributed by atoms with Gasteiger partial charge >= 0.3 is 6.09 Å². The molecule has 0 spiro atoms. The fourth-order valence-corrected chi connectivity index (χ4v) is 4.00. The van der Waals surface area contributed by atoms with Crippen molar-refractivity contribution in [3.63, 3.8) is 0 Å². The molecule has 2 aliphatic rings. The van der Waals surface area contributed by atoms with Gasteiger partial charge in [-0.25, -0.2) is 4.79 Å². The number of benzene rings is 2. The lowest BCUT2D eigenvalue weighted by Crippen LogP contribution is -2.68. The molecule has 0 aliphatic carbocycles. The standard InChI is InChI=1S/C22H18N4O8/c27-16-9-10-22(20(30)24-16,12-23-21(31)34-11-13-5-2-1-3-6-13)25-18(28)14-7-4-8-15(26(32)33)17(14)19(25)29/h1-8H,9-12H2,(H,23,31)(H,24,27,30). The smallest absolute Gasteiger partial charge is 0.407 e. The summed E-state index contributed by atoms with van der Waals surface area (Å²) in [5, 5.41) is 15.9. The first kappa shape index (κ1) is 22.6. The van der Waals surface area contributed by atoms with Crippen LogP contribution in [0.2, 0.25) is 0 Å². The monoisotopic (exact) mass is 466 g/mol. The Balaban J connectivity index is 1.61. The Kier molecular flexibility index (Phi) is 5.80. The minimum absolute atomic E-state index is 0.0659. The predicted octanol–water partition coefficient (Wildman–Crippen LogP) is 1.29. The Morgan fingerprint density at radius 2 is 1.82 bits per heavy atom. The fraction of sp³-hybridized carbons (Fsp3) is 0.227. The Morgan fingerprint density at radius 3 is 2.50 bits per heavy atom. The van der Waals surface area contributed by atoms with Crippen LogP contribution in [0.25, 0.3) is 0 Å². The van der Waals surface area contributed by atoms with Gasteiger partial charge in [0.2, 0.25) is 5.91 Å². The van der Waals surface area contributed by atoms with Crippen LogP contribution in [0.1, 0.15) is 39.1 Å². The number of piperidine rings is 1. The van der Waals surface area contributed by atoms with E-state index < -0.39 is 58.0 Å². The Hall–Kier alpha value is -4.61. The second kappa shape index (κ2) is 8.73. The summed E-state index contributed by atoms with van der Waals surface area (Å²) in [5.74, 6) is -3.59. The minimum atomic E-state index is -1.99. The second-order valence-electron chi connectivity index (χ2n) is 7.73. The number of carbonyl (C=O) groups is 5. The SMILES string of the molecule is O=C1CCC(CNC(=O)OCc2ccccc2)(N2C(=O)c3cccc([N+](=O)[O-])c3C2=O)C(=O)N1. The van der Waals surface area contributed by atoms with Crippen molar-refractivity contribution in [2.24, 2.45) is 0 Å². The zero-order valence-corrected chi connectivity index (χ0v) is 17.6. The van der Waals surface area contributed by atoms with Crippen LogP contribution < -0.4 is 10.6 Å². The molecule has 5 amide bonds. The highest BCUT2D eigenvalue weighted by atomic mass is 16.6. The summed E-state index contributed by atoms with van der Waals surface area (Å²) in [7, 11) is 0. The lowest BCUT2D eigenvalue weighted by molar-refractivity contribution is -0.385. The molecule has 174 valence electrons. The molecule has 2 N–H and O–H groups in total. The first-order valence-corrected chi connectivity index (χ1v) is 10.2. The Morgan fingerprint density at radius 1 is 1.09 bits per heavy atom. The molecule has 1 saturated heterocycles. The summed E-state index contributed by atoms with van der Waals surface area (Å²) >= 11 is 0. The van der Waals surface area contributed by atoms with E-state index in [9.17, 15) is 34.1 Å². The number of nitrogens with one attached hydrogen (secondary N) is 2. The molecule has 0 aromatic heterocycles. The number of carbonyl (C=O) groups excluding carboxylic acids is 5. The van der Waals surface area contributed by atoms with E-state index in [4.69, 9.17) is 4.74 Å². The largest absolute Gasteiger partial charge is 0.445 e. The number of alkyl carbamates (subject to hydrolysis) is 1. The van der Waals surface area contributed by atoms with E-state index in [2.05, 4.69) is 10.6 Å². The van der Waals surface area contributed by atoms with Crippen LogP contribution in [-0.2, 0) is 20.9 Å². The first-order chi connectivity index (χ1) is 16.2. The number of imide groups is 2. The van der Waals surface area contributed by atoms with Crippen molar-refractivity contribution < 1.29 is 33.6 Å². The van der Waals surface area contributed by atoms with E-state index in [-0.39, 0.29) is 25.0 Å². The second-order valence-corrected chi connectivity index (χ2v) is 7.73. The van der Waals surface area contributed by atoms with E-state index in [1.165, 1.54) is 12.1 Å². The molecule has 34 heavy (non-hydrogen) atoms. The van der Waals surface area contributed by atoms with Gasteiger partial charge in [0.25, 0.3) is 23.4 Å². The number of hydrogen-bond acceptors (Lipinski definition) is 8. The van der Waals surface area contributed by atoms with E-state index in [1.807, 2.05) is 0 Å². The van der Waals surface area contributed by atoms with Gasteiger partial charge in [0, 0.05) is 12.5 Å². The molecule has 12 nitrogen and oxygen atoms in total. The van der Waals surface area contributed by atoms with Gasteiger partial charge < -0.3 is 10.1 Å². The average molecular weight is 466 g/mol. The number of nitro benzene ring substituents is 1. The van der Waals surface area contributed by atoms with Crippen LogP contribution >= 0.6 is 0 Å². The van der Waals surface area contributed by atoms with Gasteiger partial charge in [0.05, 0.1) is 17.0 Å². The van der Waals surface area contributed by atoms with Gasteiger partial charge in [-0.1, -0.05) is 36.4 Å². The molecule has 1 fully saturated rings. The maximum absolute atomic E-state index is 13.2. The van der Waals surface area contributed by atoms with E-state index in [0.717, 1.165) is 6.07 Å². The summed E-state index contributed by atoms with van der Waals surface area (Å²) in [5.41, 5.74) is -2.55. The highest BCUT2D eigenvalue weighted by Gasteiger charge is 2.57. The lowest BCUT2D eigenvalue weighted by atomic mass is 9.86. The molecule has 4 rings (SSSR count). The molecule has 1 atom stereocenters. The number of nitro groups is 1. The number of fused-ring (bicyclic) bond motifs is 1. The lowest BCUT2D eigenvalue weighted by Gasteiger charge is -2.40. The molecule has 2 aromatic rings. The van der Waals surface area contributed by atoms with E-state index >= 15 is 0 Å². The van der Waals surface area contributed by atoms with Crippen LogP contribution in [0.5, 0.6) is 0 Å². The van der Waals surface area contributed by atoms with Crippen molar-refractivity contribution in [2.45, 2.75) is 25.0 Å². The van der Waals surface area contributed by atoms with Crippen LogP contribution in [0.15, 0.2) is 48.5 Å². The van der Waals surface area contributed by atoms with Gasteiger partial charge in [-0.05, 0) is 18.1 Å². The third kappa shape index (κ3) is 3.85. The van der Waals surface area contributed by atoms with Crippen molar-refractivity contribution in [3.8, 4) is 0 Å². The third-order valence-corrected chi connectivity index (χ3v) is 5.70. The topological polar surface area (TPSA) is 165 Å². The van der Waals surface area contributed by atoms with Crippen LogP contribution in [-0.4, -0.2) is 51.6 Å². The van der Waals surface area contributed by atoms with Gasteiger partial charge in [-0.2, -0.15) is 0 Å². The molecule has 0 radical (unpaired) electrons. The summed E-state index contributed by atoms with van der Waals surface area (Å²) < 4.78 is 5.12. The third-order valence-electron chi connectivity index (χ3n) is 5.70. The highest BCUT2D eigenvalue weighted by Crippen LogP contribution is 2.37. The summed E-state index contributed by atoms with van der Waals surface area (Å²) in [4.78, 5) is 74.6. The van der Waals surface area contributed by atoms with Crippen LogP contribution in [0, 0.1) is 10.1 Å². The van der Waals surface area contributed by atoms with Crippen molar-refractivity contribution in [1.29, 1.82) is 0 Å². The van der Waals surface area contributed by atoms with Crippen molar-refractivity contribution in [2.75, 3.05) is 6.54 Å². The number of amides is 5. The summed E-state index contributed by atoms with van der Waals surface area (Å²) in [6, 6.07) is 12.4. The molecule has 2 aromatic carbocycles. The van der Waals surface area contributed by atoms with Gasteiger partial charge in [-0.3, -0.25) is 39.5 Å². The van der Waals surface area contributed by atoms with Crippen molar-refractivity contribution in [1.82, 2.24) is 15.5 Å². The van der Waals surface area contributed by atoms with Gasteiger partial charge in [-0.15, -0.1) is 0 Å². The Bertz CT molecular complexity index is 1230. The summed E-state index contributed by atoms with van der Waals surface area (Å²) in [6.07, 6.45) is -1.42. The number of rotatable bonds is 6. The Labute approximate surface area is 192 Å². The van der Waals surface area contributed by atoms with Crippen molar-refractivity contribution >= 4 is 35.4 Å². The molecule has 0 saturated carbocycles. The van der Waals surface area contributed by atoms with E-state index in [1.54, 1.807) is 30.3 Å². The van der Waals surface area contributed by atoms with Gasteiger partial charge in [0.15, 0.2) is 0 Å². The predicted molar refractivity (Wildman–Crippen MR) is 113 cm³/mol. The molecule has 0 bridgehead atoms. The molecule has 12 heteroatoms. The van der Waals surface area contributed by atoms with Crippen LogP contribution in [0.4, 0.5) is 10.5 Å². The zero-order chi connectivity index (χ0) is 24.5. The maximum atomic E-state index is 13.2. The first-order valence-electron chi connectivity index (χ1n) is 10.2. The minimum Gasteiger partial charge on any atom is -0.445 e. The maximum Gasteiger partial charge on any atom is 0.407 e. The summed E-state index contributed by atoms with van der Waals surface area (Å²) in [6.45, 7) is -0.622. The van der Waals surface area contributed by atoms with Gasteiger partial charge in [0.1, 0.15) is 17.7 Å². The quantitative estimate of drug-likeness (QED) is 0.365. The van der Waals surface area contributed by atoms with E-state index in [0.29, 0.717) is 10.5 Å². The highest BCUT2D eigenvalue weighted by molar-refractivity contribution is 6.25. The fourth-order valence-electron chi connectivity index (χ4n) is 4.00. The zero-order valence-electron chi connectivity index (χ0n) is 17.6. The number of hydrogen-bond donors (Lipinski definition) is 2. The van der Waals surface area contributed by atoms with Crippen molar-refractivity contribution in [3.05, 3.63) is 75.3 Å². The normalized spacial score (nSPS) is 19.5. The van der Waals surface area contributed by atoms with Crippen LogP contribution in [0.3, 0.4) is 0 Å². The number of ether oxygens (including phenoxy) is 1. The number of nitrogens with zero attached hydrogens (tertiary/aromatic N) is 2. The molecule has 2 heterocycles. The molecule has 2 aliphatic heterocycles. The molecular formula is C22H18N4O8. The molecule has 1 unspecified atom stereocenters.